The minimum absolute atomic E-state index is 0.0533. The van der Waals surface area contributed by atoms with Gasteiger partial charge in [0.25, 0.3) is 0 Å². The van der Waals surface area contributed by atoms with Gasteiger partial charge in [-0.25, -0.2) is 0 Å². The molecule has 0 heterocycles. The Balaban J connectivity index is 2.53. The van der Waals surface area contributed by atoms with Crippen LogP contribution >= 0.6 is 0 Å². The Morgan fingerprint density at radius 1 is 1.19 bits per heavy atom. The van der Waals surface area contributed by atoms with Crippen LogP contribution < -0.4 is 15.4 Å². The van der Waals surface area contributed by atoms with Crippen LogP contribution in [0.5, 0.6) is 11.5 Å². The van der Waals surface area contributed by atoms with Gasteiger partial charge in [-0.1, -0.05) is 19.9 Å². The summed E-state index contributed by atoms with van der Waals surface area (Å²) in [6.07, 6.45) is 0.950. The van der Waals surface area contributed by atoms with Crippen LogP contribution in [0.3, 0.4) is 0 Å². The van der Waals surface area contributed by atoms with Gasteiger partial charge in [-0.3, -0.25) is 4.79 Å². The summed E-state index contributed by atoms with van der Waals surface area (Å²) < 4.78 is 15.3. The van der Waals surface area contributed by atoms with Gasteiger partial charge in [0.1, 0.15) is 0 Å². The average molecular weight is 368 g/mol. The van der Waals surface area contributed by atoms with Gasteiger partial charge in [-0.2, -0.15) is 0 Å². The third-order valence-corrected chi connectivity index (χ3v) is 4.04. The number of carbonyl (C=O) groups is 1. The zero-order valence-electron chi connectivity index (χ0n) is 16.4. The number of nitrogens with one attached hydrogen (secondary N) is 2. The molecule has 0 aliphatic heterocycles. The van der Waals surface area contributed by atoms with Crippen LogP contribution in [0, 0.1) is 5.92 Å². The number of benzene rings is 1. The lowest BCUT2D eigenvalue weighted by Gasteiger charge is -2.22. The first-order valence-electron chi connectivity index (χ1n) is 8.83. The monoisotopic (exact) mass is 368 g/mol. The first kappa shape index (κ1) is 22.2. The molecule has 1 atom stereocenters. The first-order valence-corrected chi connectivity index (χ1v) is 8.83. The molecule has 0 spiro atoms. The summed E-state index contributed by atoms with van der Waals surface area (Å²) in [5.74, 6) is 0.855. The van der Waals surface area contributed by atoms with Crippen LogP contribution in [0.25, 0.3) is 0 Å². The quantitative estimate of drug-likeness (QED) is 0.487. The maximum absolute atomic E-state index is 12.5. The van der Waals surface area contributed by atoms with Crippen LogP contribution in [0.1, 0.15) is 25.8 Å². The highest BCUT2D eigenvalue weighted by atomic mass is 16.7. The Labute approximate surface area is 156 Å². The van der Waals surface area contributed by atoms with Gasteiger partial charge < -0.3 is 30.0 Å². The van der Waals surface area contributed by atoms with Crippen molar-refractivity contribution in [1.29, 1.82) is 0 Å². The zero-order valence-corrected chi connectivity index (χ0v) is 16.4. The molecule has 0 unspecified atom stereocenters. The van der Waals surface area contributed by atoms with Crippen molar-refractivity contribution in [3.63, 3.8) is 0 Å². The number of amides is 1. The van der Waals surface area contributed by atoms with Crippen molar-refractivity contribution in [2.24, 2.45) is 5.92 Å². The van der Waals surface area contributed by atoms with Crippen LogP contribution in [0.15, 0.2) is 18.2 Å². The predicted octanol–water partition coefficient (Wildman–Crippen LogP) is 1.68. The molecule has 0 aromatic heterocycles. The Bertz CT molecular complexity index is 547. The number of rotatable bonds is 12. The van der Waals surface area contributed by atoms with E-state index >= 15 is 0 Å². The van der Waals surface area contributed by atoms with Gasteiger partial charge in [-0.15, -0.1) is 0 Å². The standard InChI is InChI=1S/C19H32N2O5/c1-13(2)10-15(21-12-18(25-4)26-5)19(23)20-9-8-14-6-7-17(24-3)16(22)11-14/h6-7,11,13,15,18,21-22H,8-10,12H2,1-5H3,(H,20,23)/t15-/m1/s1. The Hall–Kier alpha value is -1.83. The minimum Gasteiger partial charge on any atom is -0.504 e. The fourth-order valence-electron chi connectivity index (χ4n) is 2.60. The van der Waals surface area contributed by atoms with Crippen molar-refractivity contribution < 1.29 is 24.1 Å². The molecule has 0 saturated heterocycles. The number of phenolic OH excluding ortho intramolecular Hbond substituents is 1. The molecule has 0 fully saturated rings. The molecule has 3 N–H and O–H groups in total. The molecule has 1 amide bonds. The van der Waals surface area contributed by atoms with E-state index in [1.54, 1.807) is 26.4 Å². The van der Waals surface area contributed by atoms with Crippen LogP contribution in [0.2, 0.25) is 0 Å². The maximum atomic E-state index is 12.5. The number of aromatic hydroxyl groups is 1. The van der Waals surface area contributed by atoms with E-state index in [4.69, 9.17) is 14.2 Å². The predicted molar refractivity (Wildman–Crippen MR) is 100 cm³/mol. The van der Waals surface area contributed by atoms with Crippen molar-refractivity contribution in [3.05, 3.63) is 23.8 Å². The van der Waals surface area contributed by atoms with Gasteiger partial charge in [-0.05, 0) is 36.5 Å². The molecule has 26 heavy (non-hydrogen) atoms. The molecule has 0 saturated carbocycles. The number of hydrogen-bond donors (Lipinski definition) is 3. The Morgan fingerprint density at radius 2 is 1.88 bits per heavy atom. The highest BCUT2D eigenvalue weighted by molar-refractivity contribution is 5.81. The van der Waals surface area contributed by atoms with E-state index in [1.807, 2.05) is 6.07 Å². The molecule has 0 aliphatic rings. The van der Waals surface area contributed by atoms with Crippen LogP contribution in [0.4, 0.5) is 0 Å². The number of methoxy groups -OCH3 is 3. The molecule has 1 aromatic carbocycles. The van der Waals surface area contributed by atoms with E-state index in [0.717, 1.165) is 12.0 Å². The molecule has 148 valence electrons. The number of phenols is 1. The van der Waals surface area contributed by atoms with Gasteiger partial charge in [0, 0.05) is 27.3 Å². The van der Waals surface area contributed by atoms with Crippen molar-refractivity contribution in [2.45, 2.75) is 39.0 Å². The lowest BCUT2D eigenvalue weighted by atomic mass is 10.0. The summed E-state index contributed by atoms with van der Waals surface area (Å²) in [5, 5.41) is 16.0. The zero-order chi connectivity index (χ0) is 19.5. The lowest BCUT2D eigenvalue weighted by Crippen LogP contribution is -2.48. The number of carbonyl (C=O) groups excluding carboxylic acids is 1. The normalized spacial score (nSPS) is 12.4. The number of hydrogen-bond acceptors (Lipinski definition) is 6. The summed E-state index contributed by atoms with van der Waals surface area (Å²) >= 11 is 0. The molecule has 0 radical (unpaired) electrons. The summed E-state index contributed by atoms with van der Waals surface area (Å²) in [7, 11) is 4.64. The van der Waals surface area contributed by atoms with Crippen LogP contribution in [-0.2, 0) is 20.7 Å². The second-order valence-electron chi connectivity index (χ2n) is 6.54. The van der Waals surface area contributed by atoms with Crippen molar-refractivity contribution in [1.82, 2.24) is 10.6 Å². The van der Waals surface area contributed by atoms with E-state index in [0.29, 0.717) is 31.2 Å². The molecule has 1 aromatic rings. The van der Waals surface area contributed by atoms with E-state index in [-0.39, 0.29) is 24.0 Å². The van der Waals surface area contributed by atoms with Crippen molar-refractivity contribution in [3.8, 4) is 11.5 Å². The fraction of sp³-hybridized carbons (Fsp3) is 0.632. The summed E-state index contributed by atoms with van der Waals surface area (Å²) in [4.78, 5) is 12.5. The summed E-state index contributed by atoms with van der Waals surface area (Å²) in [6, 6.07) is 4.92. The second-order valence-corrected chi connectivity index (χ2v) is 6.54. The molecule has 0 aliphatic carbocycles. The molecule has 1 rings (SSSR count). The summed E-state index contributed by atoms with van der Waals surface area (Å²) in [6.45, 7) is 5.07. The average Bonchev–Trinajstić information content (AvgIpc) is 2.61. The Kier molecular flexibility index (Phi) is 10.0. The third kappa shape index (κ3) is 7.59. The van der Waals surface area contributed by atoms with Gasteiger partial charge in [0.05, 0.1) is 13.2 Å². The van der Waals surface area contributed by atoms with Crippen LogP contribution in [-0.4, -0.2) is 57.8 Å². The molecular weight excluding hydrogens is 336 g/mol. The van der Waals surface area contributed by atoms with E-state index in [2.05, 4.69) is 24.5 Å². The van der Waals surface area contributed by atoms with Gasteiger partial charge in [0.15, 0.2) is 17.8 Å². The Morgan fingerprint density at radius 3 is 2.42 bits per heavy atom. The molecular formula is C19H32N2O5. The molecule has 0 bridgehead atoms. The maximum Gasteiger partial charge on any atom is 0.237 e. The fourth-order valence-corrected chi connectivity index (χ4v) is 2.60. The van der Waals surface area contributed by atoms with E-state index < -0.39 is 0 Å². The minimum atomic E-state index is -0.389. The number of ether oxygens (including phenoxy) is 3. The largest absolute Gasteiger partial charge is 0.504 e. The van der Waals surface area contributed by atoms with Gasteiger partial charge in [0.2, 0.25) is 5.91 Å². The van der Waals surface area contributed by atoms with Crippen molar-refractivity contribution in [2.75, 3.05) is 34.4 Å². The lowest BCUT2D eigenvalue weighted by molar-refractivity contribution is -0.125. The van der Waals surface area contributed by atoms with E-state index in [1.165, 1.54) is 7.11 Å². The van der Waals surface area contributed by atoms with Gasteiger partial charge >= 0.3 is 0 Å². The summed E-state index contributed by atoms with van der Waals surface area (Å²) in [5.41, 5.74) is 0.927. The molecule has 7 heteroatoms. The first-order chi connectivity index (χ1) is 12.4. The van der Waals surface area contributed by atoms with Crippen molar-refractivity contribution >= 4 is 5.91 Å². The topological polar surface area (TPSA) is 89.1 Å². The van der Waals surface area contributed by atoms with E-state index in [9.17, 15) is 9.90 Å². The molecule has 7 nitrogen and oxygen atoms in total. The smallest absolute Gasteiger partial charge is 0.237 e. The highest BCUT2D eigenvalue weighted by Crippen LogP contribution is 2.26. The highest BCUT2D eigenvalue weighted by Gasteiger charge is 2.20. The third-order valence-electron chi connectivity index (χ3n) is 4.04. The SMILES string of the molecule is COc1ccc(CCNC(=O)[C@@H](CC(C)C)NCC(OC)OC)cc1O. The second kappa shape index (κ2) is 11.7.